The maximum absolute atomic E-state index is 12.7. The highest BCUT2D eigenvalue weighted by atomic mass is 79.9. The lowest BCUT2D eigenvalue weighted by Crippen LogP contribution is -2.45. The van der Waals surface area contributed by atoms with Crippen LogP contribution in [0.1, 0.15) is 31.0 Å². The van der Waals surface area contributed by atoms with Crippen LogP contribution in [0.3, 0.4) is 0 Å². The van der Waals surface area contributed by atoms with Gasteiger partial charge in [-0.05, 0) is 77.3 Å². The minimum absolute atomic E-state index is 0.0120. The van der Waals surface area contributed by atoms with Crippen molar-refractivity contribution in [3.8, 4) is 11.5 Å². The van der Waals surface area contributed by atoms with Crippen molar-refractivity contribution < 1.29 is 23.8 Å². The second-order valence-corrected chi connectivity index (χ2v) is 7.75. The fourth-order valence-electron chi connectivity index (χ4n) is 3.18. The molecule has 1 aliphatic heterocycles. The van der Waals surface area contributed by atoms with Gasteiger partial charge in [-0.2, -0.15) is 0 Å². The fourth-order valence-corrected chi connectivity index (χ4v) is 3.67. The van der Waals surface area contributed by atoms with Crippen LogP contribution in [-0.2, 0) is 9.53 Å². The SMILES string of the molecule is COC(=O)C1=C(c2ccc(OC)cc2)NC(=O)NC1c1ccc(OC(C)C)c(Br)c1. The predicted octanol–water partition coefficient (Wildman–Crippen LogP) is 4.18. The number of urea groups is 1. The number of methoxy groups -OCH3 is 2. The largest absolute Gasteiger partial charge is 0.497 e. The van der Waals surface area contributed by atoms with Gasteiger partial charge in [-0.3, -0.25) is 0 Å². The average molecular weight is 475 g/mol. The Morgan fingerprint density at radius 3 is 2.37 bits per heavy atom. The standard InChI is InChI=1S/C22H23BrN2O5/c1-12(2)30-17-10-7-14(11-16(17)23)20-18(21(26)29-4)19(24-22(27)25-20)13-5-8-15(28-3)9-6-13/h5-12,20H,1-4H3,(H2,24,25,27). The molecule has 2 N–H and O–H groups in total. The molecule has 1 aliphatic rings. The number of benzene rings is 2. The van der Waals surface area contributed by atoms with Gasteiger partial charge in [0.1, 0.15) is 11.5 Å². The van der Waals surface area contributed by atoms with Gasteiger partial charge in [-0.15, -0.1) is 0 Å². The number of halogens is 1. The van der Waals surface area contributed by atoms with Crippen molar-refractivity contribution in [2.75, 3.05) is 14.2 Å². The van der Waals surface area contributed by atoms with Gasteiger partial charge in [-0.25, -0.2) is 9.59 Å². The Kier molecular flexibility index (Phi) is 6.66. The van der Waals surface area contributed by atoms with Gasteiger partial charge < -0.3 is 24.8 Å². The van der Waals surface area contributed by atoms with Gasteiger partial charge in [0.15, 0.2) is 0 Å². The van der Waals surface area contributed by atoms with E-state index in [9.17, 15) is 9.59 Å². The van der Waals surface area contributed by atoms with E-state index < -0.39 is 18.0 Å². The zero-order chi connectivity index (χ0) is 21.8. The van der Waals surface area contributed by atoms with Crippen LogP contribution in [0.25, 0.3) is 5.70 Å². The molecule has 0 fully saturated rings. The Morgan fingerprint density at radius 1 is 1.10 bits per heavy atom. The first kappa shape index (κ1) is 21.7. The number of rotatable bonds is 6. The van der Waals surface area contributed by atoms with Crippen LogP contribution in [0.4, 0.5) is 4.79 Å². The van der Waals surface area contributed by atoms with Gasteiger partial charge in [0.05, 0.1) is 42.1 Å². The molecule has 0 saturated carbocycles. The van der Waals surface area contributed by atoms with Crippen molar-refractivity contribution in [1.82, 2.24) is 10.6 Å². The summed E-state index contributed by atoms with van der Waals surface area (Å²) in [6, 6.07) is 11.4. The molecule has 8 heteroatoms. The predicted molar refractivity (Wildman–Crippen MR) is 116 cm³/mol. The van der Waals surface area contributed by atoms with E-state index in [1.54, 1.807) is 37.4 Å². The molecule has 3 rings (SSSR count). The van der Waals surface area contributed by atoms with Crippen molar-refractivity contribution in [1.29, 1.82) is 0 Å². The number of carbonyl (C=O) groups excluding carboxylic acids is 2. The zero-order valence-corrected chi connectivity index (χ0v) is 18.7. The van der Waals surface area contributed by atoms with Crippen molar-refractivity contribution in [2.45, 2.75) is 26.0 Å². The number of nitrogens with one attached hydrogen (secondary N) is 2. The Bertz CT molecular complexity index is 986. The summed E-state index contributed by atoms with van der Waals surface area (Å²) in [6.07, 6.45) is 0.0120. The second-order valence-electron chi connectivity index (χ2n) is 6.90. The maximum atomic E-state index is 12.7. The van der Waals surface area contributed by atoms with Crippen molar-refractivity contribution in [3.05, 3.63) is 63.6 Å². The van der Waals surface area contributed by atoms with E-state index >= 15 is 0 Å². The van der Waals surface area contributed by atoms with Crippen molar-refractivity contribution >= 4 is 33.6 Å². The number of amides is 2. The van der Waals surface area contributed by atoms with E-state index in [1.165, 1.54) is 7.11 Å². The lowest BCUT2D eigenvalue weighted by Gasteiger charge is -2.29. The summed E-state index contributed by atoms with van der Waals surface area (Å²) >= 11 is 3.51. The molecule has 7 nitrogen and oxygen atoms in total. The molecule has 30 heavy (non-hydrogen) atoms. The molecule has 0 spiro atoms. The summed E-state index contributed by atoms with van der Waals surface area (Å²) in [7, 11) is 2.88. The minimum Gasteiger partial charge on any atom is -0.497 e. The topological polar surface area (TPSA) is 85.9 Å². The summed E-state index contributed by atoms with van der Waals surface area (Å²) in [6.45, 7) is 3.87. The van der Waals surface area contributed by atoms with Gasteiger partial charge in [-0.1, -0.05) is 6.07 Å². The first-order valence-electron chi connectivity index (χ1n) is 9.34. The molecule has 2 aromatic rings. The van der Waals surface area contributed by atoms with Crippen molar-refractivity contribution in [3.63, 3.8) is 0 Å². The van der Waals surface area contributed by atoms with Gasteiger partial charge >= 0.3 is 12.0 Å². The van der Waals surface area contributed by atoms with Crippen LogP contribution in [-0.4, -0.2) is 32.3 Å². The molecule has 0 aliphatic carbocycles. The van der Waals surface area contributed by atoms with Crippen LogP contribution in [0.5, 0.6) is 11.5 Å². The molecule has 158 valence electrons. The summed E-state index contributed by atoms with van der Waals surface area (Å²) in [5.41, 5.74) is 2.05. The maximum Gasteiger partial charge on any atom is 0.338 e. The third-order valence-electron chi connectivity index (χ3n) is 4.51. The quantitative estimate of drug-likeness (QED) is 0.613. The molecule has 2 amide bonds. The van der Waals surface area contributed by atoms with E-state index in [0.717, 1.165) is 4.47 Å². The van der Waals surface area contributed by atoms with Crippen molar-refractivity contribution in [2.24, 2.45) is 0 Å². The van der Waals surface area contributed by atoms with Crippen LogP contribution in [0.15, 0.2) is 52.5 Å². The summed E-state index contributed by atoms with van der Waals surface area (Å²) < 4.78 is 16.7. The molecule has 0 radical (unpaired) electrons. The van der Waals surface area contributed by atoms with Crippen LogP contribution < -0.4 is 20.1 Å². The molecule has 0 aromatic heterocycles. The number of ether oxygens (including phenoxy) is 3. The molecular weight excluding hydrogens is 452 g/mol. The van der Waals surface area contributed by atoms with Gasteiger partial charge in [0.2, 0.25) is 0 Å². The van der Waals surface area contributed by atoms with Crippen LogP contribution in [0, 0.1) is 0 Å². The molecule has 1 unspecified atom stereocenters. The first-order valence-corrected chi connectivity index (χ1v) is 10.1. The lowest BCUT2D eigenvalue weighted by molar-refractivity contribution is -0.136. The zero-order valence-electron chi connectivity index (χ0n) is 17.1. The molecule has 1 atom stereocenters. The summed E-state index contributed by atoms with van der Waals surface area (Å²) in [4.78, 5) is 25.2. The summed E-state index contributed by atoms with van der Waals surface area (Å²) in [5.74, 6) is 0.797. The Labute approximate surface area is 183 Å². The van der Waals surface area contributed by atoms with E-state index in [1.807, 2.05) is 26.0 Å². The normalized spacial score (nSPS) is 16.1. The van der Waals surface area contributed by atoms with Crippen LogP contribution >= 0.6 is 15.9 Å². The average Bonchev–Trinajstić information content (AvgIpc) is 2.73. The Hall–Kier alpha value is -3.00. The molecule has 2 aromatic carbocycles. The Morgan fingerprint density at radius 2 is 1.80 bits per heavy atom. The van der Waals surface area contributed by atoms with E-state index in [0.29, 0.717) is 33.9 Å². The number of esters is 1. The highest BCUT2D eigenvalue weighted by Crippen LogP contribution is 2.36. The third-order valence-corrected chi connectivity index (χ3v) is 5.13. The number of carbonyl (C=O) groups is 2. The van der Waals surface area contributed by atoms with Crippen LogP contribution in [0.2, 0.25) is 0 Å². The number of hydrogen-bond donors (Lipinski definition) is 2. The highest BCUT2D eigenvalue weighted by Gasteiger charge is 2.34. The highest BCUT2D eigenvalue weighted by molar-refractivity contribution is 9.10. The minimum atomic E-state index is -0.701. The number of hydrogen-bond acceptors (Lipinski definition) is 5. The summed E-state index contributed by atoms with van der Waals surface area (Å²) in [5, 5.41) is 5.55. The molecular formula is C22H23BrN2O5. The Balaban J connectivity index is 2.10. The lowest BCUT2D eigenvalue weighted by atomic mass is 9.92. The van der Waals surface area contributed by atoms with Gasteiger partial charge in [0, 0.05) is 0 Å². The van der Waals surface area contributed by atoms with Gasteiger partial charge in [0.25, 0.3) is 0 Å². The molecule has 0 saturated heterocycles. The van der Waals surface area contributed by atoms with E-state index in [2.05, 4.69) is 26.6 Å². The fraction of sp³-hybridized carbons (Fsp3) is 0.273. The third kappa shape index (κ3) is 4.59. The second kappa shape index (κ2) is 9.21. The first-order chi connectivity index (χ1) is 14.3. The molecule has 0 bridgehead atoms. The smallest absolute Gasteiger partial charge is 0.338 e. The van der Waals surface area contributed by atoms with E-state index in [-0.39, 0.29) is 6.10 Å². The van der Waals surface area contributed by atoms with E-state index in [4.69, 9.17) is 14.2 Å². The monoisotopic (exact) mass is 474 g/mol. The molecule has 1 heterocycles.